The molecule has 0 aliphatic heterocycles. The number of carbonyl (C=O) groups excluding carboxylic acids is 1. The zero-order valence-electron chi connectivity index (χ0n) is 15.1. The average molecular weight is 384 g/mol. The summed E-state index contributed by atoms with van der Waals surface area (Å²) in [7, 11) is 0. The molecule has 28 heavy (non-hydrogen) atoms. The number of amides is 1. The Morgan fingerprint density at radius 1 is 1.14 bits per heavy atom. The monoisotopic (exact) mass is 384 g/mol. The molecule has 2 aromatic carbocycles. The second kappa shape index (κ2) is 7.59. The van der Waals surface area contributed by atoms with E-state index in [1.54, 1.807) is 30.1 Å². The van der Waals surface area contributed by atoms with Crippen molar-refractivity contribution in [1.82, 2.24) is 9.97 Å². The van der Waals surface area contributed by atoms with Crippen LogP contribution in [0.15, 0.2) is 71.9 Å². The molecular formula is C22H16N4OS. The van der Waals surface area contributed by atoms with Crippen LogP contribution in [0.5, 0.6) is 0 Å². The van der Waals surface area contributed by atoms with Gasteiger partial charge >= 0.3 is 0 Å². The van der Waals surface area contributed by atoms with Gasteiger partial charge in [0.15, 0.2) is 0 Å². The third-order valence-corrected chi connectivity index (χ3v) is 5.25. The Hall–Kier alpha value is -3.56. The molecule has 0 aliphatic rings. The quantitative estimate of drug-likeness (QED) is 0.481. The van der Waals surface area contributed by atoms with Gasteiger partial charge in [-0.2, -0.15) is 5.26 Å². The Morgan fingerprint density at radius 2 is 1.96 bits per heavy atom. The van der Waals surface area contributed by atoms with Crippen LogP contribution in [0.1, 0.15) is 16.1 Å². The highest BCUT2D eigenvalue weighted by atomic mass is 32.2. The molecular weight excluding hydrogens is 368 g/mol. The molecule has 0 fully saturated rings. The van der Waals surface area contributed by atoms with Gasteiger partial charge in [-0.3, -0.25) is 9.78 Å². The molecule has 0 aliphatic carbocycles. The highest BCUT2D eigenvalue weighted by molar-refractivity contribution is 7.98. The standard InChI is InChI=1S/C22H16N4OS/c1-28-19-6-2-5-17-21(19)20(18(12-23)26-17)14-7-9-16(10-8-14)25-22(27)15-4-3-11-24-13-15/h2-11,13,26H,1H3,(H,25,27). The highest BCUT2D eigenvalue weighted by Crippen LogP contribution is 2.38. The summed E-state index contributed by atoms with van der Waals surface area (Å²) in [6.07, 6.45) is 5.18. The first kappa shape index (κ1) is 17.8. The van der Waals surface area contributed by atoms with E-state index in [9.17, 15) is 10.1 Å². The molecule has 4 aromatic rings. The molecule has 4 rings (SSSR count). The molecule has 1 amide bonds. The number of aromatic amines is 1. The topological polar surface area (TPSA) is 81.6 Å². The number of aromatic nitrogens is 2. The van der Waals surface area contributed by atoms with Crippen molar-refractivity contribution < 1.29 is 4.79 Å². The number of H-pyrrole nitrogens is 1. The summed E-state index contributed by atoms with van der Waals surface area (Å²) in [6, 6.07) is 19.2. The number of nitriles is 1. The number of benzene rings is 2. The van der Waals surface area contributed by atoms with Crippen molar-refractivity contribution in [1.29, 1.82) is 5.26 Å². The van der Waals surface area contributed by atoms with Crippen molar-refractivity contribution in [2.75, 3.05) is 11.6 Å². The zero-order chi connectivity index (χ0) is 19.5. The Bertz CT molecular complexity index is 1190. The van der Waals surface area contributed by atoms with E-state index in [-0.39, 0.29) is 5.91 Å². The van der Waals surface area contributed by atoms with Crippen LogP contribution in [0.3, 0.4) is 0 Å². The lowest BCUT2D eigenvalue weighted by atomic mass is 10.0. The van der Waals surface area contributed by atoms with Gasteiger partial charge in [0, 0.05) is 39.4 Å². The lowest BCUT2D eigenvalue weighted by Crippen LogP contribution is -2.11. The van der Waals surface area contributed by atoms with Crippen LogP contribution in [0.25, 0.3) is 22.0 Å². The van der Waals surface area contributed by atoms with Gasteiger partial charge in [-0.1, -0.05) is 18.2 Å². The Morgan fingerprint density at radius 3 is 2.64 bits per heavy atom. The summed E-state index contributed by atoms with van der Waals surface area (Å²) in [5, 5.41) is 13.5. The number of carbonyl (C=O) groups is 1. The van der Waals surface area contributed by atoms with E-state index in [0.717, 1.165) is 26.9 Å². The van der Waals surface area contributed by atoms with Gasteiger partial charge in [-0.15, -0.1) is 11.8 Å². The van der Waals surface area contributed by atoms with Crippen LogP contribution >= 0.6 is 11.8 Å². The number of thioether (sulfide) groups is 1. The summed E-state index contributed by atoms with van der Waals surface area (Å²) in [5.74, 6) is -0.213. The van der Waals surface area contributed by atoms with Crippen LogP contribution in [0.2, 0.25) is 0 Å². The van der Waals surface area contributed by atoms with Gasteiger partial charge < -0.3 is 10.3 Å². The molecule has 0 unspecified atom stereocenters. The highest BCUT2D eigenvalue weighted by Gasteiger charge is 2.16. The fourth-order valence-corrected chi connectivity index (χ4v) is 3.81. The first-order valence-electron chi connectivity index (χ1n) is 8.62. The number of nitrogens with one attached hydrogen (secondary N) is 2. The van der Waals surface area contributed by atoms with Gasteiger partial charge in [0.1, 0.15) is 11.8 Å². The summed E-state index contributed by atoms with van der Waals surface area (Å²) < 4.78 is 0. The molecule has 2 heterocycles. The van der Waals surface area contributed by atoms with E-state index in [1.165, 1.54) is 6.20 Å². The lowest BCUT2D eigenvalue weighted by molar-refractivity contribution is 0.102. The number of rotatable bonds is 4. The van der Waals surface area contributed by atoms with Gasteiger partial charge in [-0.25, -0.2) is 0 Å². The normalized spacial score (nSPS) is 10.6. The number of anilines is 1. The van der Waals surface area contributed by atoms with Crippen molar-refractivity contribution in [2.24, 2.45) is 0 Å². The molecule has 136 valence electrons. The maximum atomic E-state index is 12.3. The summed E-state index contributed by atoms with van der Waals surface area (Å²) in [6.45, 7) is 0. The van der Waals surface area contributed by atoms with E-state index in [2.05, 4.69) is 21.4 Å². The molecule has 0 bridgehead atoms. The second-order valence-corrected chi connectivity index (χ2v) is 6.99. The third kappa shape index (κ3) is 3.24. The molecule has 0 saturated heterocycles. The first-order chi connectivity index (χ1) is 13.7. The van der Waals surface area contributed by atoms with E-state index in [4.69, 9.17) is 0 Å². The Labute approximate surface area is 166 Å². The number of hydrogen-bond acceptors (Lipinski definition) is 4. The minimum atomic E-state index is -0.213. The Kier molecular flexibility index (Phi) is 4.83. The van der Waals surface area contributed by atoms with Crippen molar-refractivity contribution in [3.63, 3.8) is 0 Å². The molecule has 6 heteroatoms. The number of fused-ring (bicyclic) bond motifs is 1. The molecule has 0 radical (unpaired) electrons. The second-order valence-electron chi connectivity index (χ2n) is 6.14. The number of pyridine rings is 1. The minimum absolute atomic E-state index is 0.213. The van der Waals surface area contributed by atoms with Crippen LogP contribution in [-0.4, -0.2) is 22.1 Å². The molecule has 0 saturated carbocycles. The minimum Gasteiger partial charge on any atom is -0.346 e. The molecule has 0 spiro atoms. The van der Waals surface area contributed by atoms with Crippen LogP contribution in [0, 0.1) is 11.3 Å². The van der Waals surface area contributed by atoms with Crippen molar-refractivity contribution in [3.05, 3.63) is 78.2 Å². The fraction of sp³-hybridized carbons (Fsp3) is 0.0455. The van der Waals surface area contributed by atoms with Crippen molar-refractivity contribution in [2.45, 2.75) is 4.90 Å². The fourth-order valence-electron chi connectivity index (χ4n) is 3.18. The van der Waals surface area contributed by atoms with Gasteiger partial charge in [0.05, 0.1) is 5.56 Å². The molecule has 0 atom stereocenters. The van der Waals surface area contributed by atoms with Crippen molar-refractivity contribution in [3.8, 4) is 17.2 Å². The predicted molar refractivity (Wildman–Crippen MR) is 112 cm³/mol. The molecule has 2 aromatic heterocycles. The van der Waals surface area contributed by atoms with Crippen LogP contribution < -0.4 is 5.32 Å². The maximum Gasteiger partial charge on any atom is 0.257 e. The molecule has 5 nitrogen and oxygen atoms in total. The van der Waals surface area contributed by atoms with E-state index in [1.807, 2.05) is 48.7 Å². The third-order valence-electron chi connectivity index (χ3n) is 4.47. The van der Waals surface area contributed by atoms with Gasteiger partial charge in [0.2, 0.25) is 0 Å². The summed E-state index contributed by atoms with van der Waals surface area (Å²) >= 11 is 1.65. The van der Waals surface area contributed by atoms with Gasteiger partial charge in [-0.05, 0) is 48.2 Å². The Balaban J connectivity index is 1.70. The maximum absolute atomic E-state index is 12.3. The largest absolute Gasteiger partial charge is 0.346 e. The summed E-state index contributed by atoms with van der Waals surface area (Å²) in [5.41, 5.74) is 4.45. The SMILES string of the molecule is CSc1cccc2[nH]c(C#N)c(-c3ccc(NC(=O)c4cccnc4)cc3)c12. The predicted octanol–water partition coefficient (Wildman–Crippen LogP) is 5.08. The smallest absolute Gasteiger partial charge is 0.257 e. The average Bonchev–Trinajstić information content (AvgIpc) is 3.13. The zero-order valence-corrected chi connectivity index (χ0v) is 15.9. The van der Waals surface area contributed by atoms with E-state index in [0.29, 0.717) is 16.9 Å². The van der Waals surface area contributed by atoms with E-state index < -0.39 is 0 Å². The number of hydrogen-bond donors (Lipinski definition) is 2. The van der Waals surface area contributed by atoms with Crippen molar-refractivity contribution >= 4 is 34.3 Å². The van der Waals surface area contributed by atoms with Crippen LogP contribution in [-0.2, 0) is 0 Å². The molecule has 2 N–H and O–H groups in total. The first-order valence-corrected chi connectivity index (χ1v) is 9.84. The summed E-state index contributed by atoms with van der Waals surface area (Å²) in [4.78, 5) is 20.6. The van der Waals surface area contributed by atoms with Gasteiger partial charge in [0.25, 0.3) is 5.91 Å². The van der Waals surface area contributed by atoms with E-state index >= 15 is 0 Å². The number of nitrogens with zero attached hydrogens (tertiary/aromatic N) is 2. The lowest BCUT2D eigenvalue weighted by Gasteiger charge is -2.08. The van der Waals surface area contributed by atoms with Crippen LogP contribution in [0.4, 0.5) is 5.69 Å².